The van der Waals surface area contributed by atoms with E-state index in [1.54, 1.807) is 0 Å². The summed E-state index contributed by atoms with van der Waals surface area (Å²) < 4.78 is 0. The average molecular weight is 420 g/mol. The van der Waals surface area contributed by atoms with Crippen molar-refractivity contribution < 1.29 is 4.79 Å². The second-order valence-corrected chi connectivity index (χ2v) is 8.17. The first-order chi connectivity index (χ1) is 12.0. The molecular weight excluding hydrogens is 403 g/mol. The minimum Gasteiger partial charge on any atom is -0.324 e. The topological polar surface area (TPSA) is 70.7 Å². The molecule has 9 heteroatoms. The lowest BCUT2D eigenvalue weighted by molar-refractivity contribution is -0.113. The lowest BCUT2D eigenvalue weighted by Gasteiger charge is -2.08. The van der Waals surface area contributed by atoms with Gasteiger partial charge in [-0.2, -0.15) is 0 Å². The van der Waals surface area contributed by atoms with E-state index in [1.165, 1.54) is 49.6 Å². The van der Waals surface area contributed by atoms with Crippen LogP contribution < -0.4 is 5.32 Å². The van der Waals surface area contributed by atoms with Gasteiger partial charge in [0.05, 0.1) is 26.5 Å². The summed E-state index contributed by atoms with van der Waals surface area (Å²) in [5.41, 5.74) is 0.429. The lowest BCUT2D eigenvalue weighted by Crippen LogP contribution is -2.14. The molecule has 3 rings (SSSR count). The molecule has 2 aromatic rings. The monoisotopic (exact) mass is 418 g/mol. The molecule has 0 saturated heterocycles. The molecule has 1 saturated carbocycles. The van der Waals surface area contributed by atoms with Crippen LogP contribution in [0.5, 0.6) is 0 Å². The predicted octanol–water partition coefficient (Wildman–Crippen LogP) is 5.23. The molecule has 1 aliphatic carbocycles. The van der Waals surface area contributed by atoms with E-state index in [9.17, 15) is 4.79 Å². The second kappa shape index (κ2) is 8.62. The number of nitrogens with zero attached hydrogens (tertiary/aromatic N) is 2. The van der Waals surface area contributed by atoms with Crippen molar-refractivity contribution in [2.45, 2.75) is 37.3 Å². The fourth-order valence-corrected chi connectivity index (χ4v) is 4.07. The molecule has 0 bridgehead atoms. The Morgan fingerprint density at radius 1 is 1.20 bits per heavy atom. The summed E-state index contributed by atoms with van der Waals surface area (Å²) in [5, 5.41) is 11.4. The number of carbonyl (C=O) groups excluding carboxylic acids is 1. The van der Waals surface area contributed by atoms with Gasteiger partial charge in [-0.1, -0.05) is 72.2 Å². The third-order valence-electron chi connectivity index (χ3n) is 4.08. The molecule has 25 heavy (non-hydrogen) atoms. The van der Waals surface area contributed by atoms with E-state index in [0.29, 0.717) is 31.8 Å². The van der Waals surface area contributed by atoms with E-state index >= 15 is 0 Å². The minimum atomic E-state index is -0.215. The molecule has 1 heterocycles. The molecule has 2 N–H and O–H groups in total. The van der Waals surface area contributed by atoms with Gasteiger partial charge >= 0.3 is 0 Å². The van der Waals surface area contributed by atoms with Gasteiger partial charge in [-0.3, -0.25) is 9.89 Å². The Hall–Kier alpha value is -0.950. The summed E-state index contributed by atoms with van der Waals surface area (Å²) >= 11 is 19.1. The smallest absolute Gasteiger partial charge is 0.234 e. The number of thioether (sulfide) groups is 1. The molecule has 1 amide bonds. The number of amides is 1. The molecule has 1 fully saturated rings. The molecule has 0 aliphatic heterocycles. The van der Waals surface area contributed by atoms with Crippen molar-refractivity contribution in [3.05, 3.63) is 33.0 Å². The predicted molar refractivity (Wildman–Crippen MR) is 103 cm³/mol. The van der Waals surface area contributed by atoms with Crippen LogP contribution in [0.1, 0.15) is 31.5 Å². The Labute approximate surface area is 165 Å². The summed E-state index contributed by atoms with van der Waals surface area (Å²) in [4.78, 5) is 16.5. The van der Waals surface area contributed by atoms with Crippen molar-refractivity contribution in [3.63, 3.8) is 0 Å². The Bertz CT molecular complexity index is 762. The summed E-state index contributed by atoms with van der Waals surface area (Å²) in [7, 11) is 0. The fraction of sp³-hybridized carbons (Fsp3) is 0.438. The highest BCUT2D eigenvalue weighted by molar-refractivity contribution is 7.99. The van der Waals surface area contributed by atoms with Crippen LogP contribution in [0.25, 0.3) is 0 Å². The van der Waals surface area contributed by atoms with Gasteiger partial charge in [-0.15, -0.1) is 5.10 Å². The SMILES string of the molecule is O=C(CSc1n[nH]c(CC2CCCC2)n1)Nc1cc(Cl)c(Cl)cc1Cl. The number of rotatable bonds is 6. The van der Waals surface area contributed by atoms with Crippen LogP contribution in [-0.4, -0.2) is 26.8 Å². The molecule has 1 aromatic carbocycles. The molecule has 5 nitrogen and oxygen atoms in total. The van der Waals surface area contributed by atoms with Crippen LogP contribution in [0.15, 0.2) is 17.3 Å². The van der Waals surface area contributed by atoms with Gasteiger partial charge < -0.3 is 5.32 Å². The maximum Gasteiger partial charge on any atom is 0.234 e. The number of halogens is 3. The number of aromatic amines is 1. The zero-order valence-corrected chi connectivity index (χ0v) is 16.4. The van der Waals surface area contributed by atoms with Crippen molar-refractivity contribution in [3.8, 4) is 0 Å². The second-order valence-electron chi connectivity index (χ2n) is 6.00. The molecule has 134 valence electrons. The first-order valence-electron chi connectivity index (χ1n) is 7.99. The molecule has 1 aliphatic rings. The summed E-state index contributed by atoms with van der Waals surface area (Å²) in [5.74, 6) is 1.55. The zero-order valence-electron chi connectivity index (χ0n) is 13.3. The Balaban J connectivity index is 1.50. The Morgan fingerprint density at radius 3 is 2.68 bits per heavy atom. The Morgan fingerprint density at radius 2 is 1.92 bits per heavy atom. The van der Waals surface area contributed by atoms with Gasteiger partial charge in [-0.05, 0) is 18.1 Å². The van der Waals surface area contributed by atoms with Crippen LogP contribution >= 0.6 is 46.6 Å². The number of hydrogen-bond donors (Lipinski definition) is 2. The van der Waals surface area contributed by atoms with Crippen molar-refractivity contribution in [2.75, 3.05) is 11.1 Å². The highest BCUT2D eigenvalue weighted by atomic mass is 35.5. The van der Waals surface area contributed by atoms with Gasteiger partial charge in [0, 0.05) is 6.42 Å². The number of anilines is 1. The average Bonchev–Trinajstić information content (AvgIpc) is 3.23. The quantitative estimate of drug-likeness (QED) is 0.497. The van der Waals surface area contributed by atoms with Crippen LogP contribution in [0.4, 0.5) is 5.69 Å². The Kier molecular flexibility index (Phi) is 6.49. The maximum atomic E-state index is 12.1. The third-order valence-corrected chi connectivity index (χ3v) is 5.97. The number of H-pyrrole nitrogens is 1. The van der Waals surface area contributed by atoms with E-state index in [4.69, 9.17) is 34.8 Å². The van der Waals surface area contributed by atoms with Crippen molar-refractivity contribution in [2.24, 2.45) is 5.92 Å². The van der Waals surface area contributed by atoms with Gasteiger partial charge in [-0.25, -0.2) is 4.98 Å². The lowest BCUT2D eigenvalue weighted by atomic mass is 10.0. The van der Waals surface area contributed by atoms with Gasteiger partial charge in [0.25, 0.3) is 0 Å². The van der Waals surface area contributed by atoms with E-state index in [0.717, 1.165) is 12.2 Å². The largest absolute Gasteiger partial charge is 0.324 e. The fourth-order valence-electron chi connectivity index (χ4n) is 2.86. The maximum absolute atomic E-state index is 12.1. The number of carbonyl (C=O) groups is 1. The summed E-state index contributed by atoms with van der Waals surface area (Å²) in [6.45, 7) is 0. The standard InChI is InChI=1S/C16H17Cl3N4OS/c17-10-6-12(19)13(7-11(10)18)20-15(24)8-25-16-21-14(22-23-16)5-9-3-1-2-4-9/h6-7,9H,1-5,8H2,(H,20,24)(H,21,22,23). The third kappa shape index (κ3) is 5.26. The van der Waals surface area contributed by atoms with Crippen LogP contribution in [-0.2, 0) is 11.2 Å². The van der Waals surface area contributed by atoms with Crippen molar-refractivity contribution >= 4 is 58.2 Å². The van der Waals surface area contributed by atoms with Crippen LogP contribution in [0, 0.1) is 5.92 Å². The van der Waals surface area contributed by atoms with Gasteiger partial charge in [0.1, 0.15) is 5.82 Å². The van der Waals surface area contributed by atoms with Crippen LogP contribution in [0.3, 0.4) is 0 Å². The normalized spacial score (nSPS) is 14.8. The van der Waals surface area contributed by atoms with E-state index in [-0.39, 0.29) is 11.7 Å². The van der Waals surface area contributed by atoms with Crippen LogP contribution in [0.2, 0.25) is 15.1 Å². The number of hydrogen-bond acceptors (Lipinski definition) is 4. The van der Waals surface area contributed by atoms with E-state index in [1.807, 2.05) is 0 Å². The van der Waals surface area contributed by atoms with Gasteiger partial charge in [0.2, 0.25) is 11.1 Å². The number of benzene rings is 1. The molecule has 0 spiro atoms. The molecule has 1 aromatic heterocycles. The summed E-state index contributed by atoms with van der Waals surface area (Å²) in [6, 6.07) is 3.03. The first kappa shape index (κ1) is 18.8. The zero-order chi connectivity index (χ0) is 17.8. The van der Waals surface area contributed by atoms with Crippen molar-refractivity contribution in [1.29, 1.82) is 0 Å². The van der Waals surface area contributed by atoms with Gasteiger partial charge in [0.15, 0.2) is 0 Å². The molecule has 0 radical (unpaired) electrons. The number of aromatic nitrogens is 3. The first-order valence-corrected chi connectivity index (χ1v) is 10.1. The van der Waals surface area contributed by atoms with E-state index < -0.39 is 0 Å². The highest BCUT2D eigenvalue weighted by Crippen LogP contribution is 2.32. The highest BCUT2D eigenvalue weighted by Gasteiger charge is 2.18. The number of nitrogens with one attached hydrogen (secondary N) is 2. The van der Waals surface area contributed by atoms with E-state index in [2.05, 4.69) is 20.5 Å². The molecule has 0 atom stereocenters. The minimum absolute atomic E-state index is 0.178. The van der Waals surface area contributed by atoms with Crippen molar-refractivity contribution in [1.82, 2.24) is 15.2 Å². The molecular formula is C16H17Cl3N4OS. The molecule has 0 unspecified atom stereocenters. The summed E-state index contributed by atoms with van der Waals surface area (Å²) in [6.07, 6.45) is 6.06.